The predicted molar refractivity (Wildman–Crippen MR) is 188 cm³/mol. The van der Waals surface area contributed by atoms with Crippen molar-refractivity contribution in [2.24, 2.45) is 17.8 Å². The number of amides is 4. The molecule has 282 valence electrons. The molecule has 3 aliphatic rings. The molecule has 0 aliphatic heterocycles. The summed E-state index contributed by atoms with van der Waals surface area (Å²) in [6.45, 7) is 9.50. The van der Waals surface area contributed by atoms with Crippen molar-refractivity contribution in [2.75, 3.05) is 18.9 Å². The molecule has 0 bridgehead atoms. The summed E-state index contributed by atoms with van der Waals surface area (Å²) in [7, 11) is -2.33. The number of carbonyl (C=O) groups is 4. The largest absolute Gasteiger partial charge is 0.446 e. The zero-order valence-corrected chi connectivity index (χ0v) is 30.5. The molecule has 0 unspecified atom stereocenters. The van der Waals surface area contributed by atoms with E-state index in [1.54, 1.807) is 25.4 Å². The highest BCUT2D eigenvalue weighted by Crippen LogP contribution is 2.46. The van der Waals surface area contributed by atoms with Crippen molar-refractivity contribution in [2.45, 2.75) is 81.4 Å². The molecule has 4 amide bonds. The normalized spacial score (nSPS) is 24.0. The molecular weight excluding hydrogens is 724 g/mol. The number of rotatable bonds is 15. The van der Waals surface area contributed by atoms with Crippen LogP contribution in [0.2, 0.25) is 0 Å². The van der Waals surface area contributed by atoms with E-state index in [2.05, 4.69) is 33.5 Å². The third kappa shape index (κ3) is 8.85. The van der Waals surface area contributed by atoms with E-state index in [1.807, 2.05) is 0 Å². The lowest BCUT2D eigenvalue weighted by atomic mass is 9.93. The van der Waals surface area contributed by atoms with E-state index in [9.17, 15) is 40.8 Å². The van der Waals surface area contributed by atoms with Crippen molar-refractivity contribution >= 4 is 50.9 Å². The number of unbranched alkanes of at least 4 members (excludes halogenated alkanes) is 2. The van der Waals surface area contributed by atoms with Crippen molar-refractivity contribution in [1.82, 2.24) is 19.9 Å². The standard InChI is InChI=1S/C35H42F3N5O7S2/c1-5-7-8-9-14-43(4)31(45)27-17-23(16-26(27)29(44)41-34(18-21(34)6-2)32(46)42-52(48,49)24-11-12-24)50-33(47)40-28-15-22(35(36,37)38)10-13-25(28)30-39-20(3)19-51-30/h5-6,10,13,15,19,21,23-24,26-27H,1-2,7-9,11-12,14,16-18H2,3-4H3,(H,40,47)(H,41,44)(H,42,46)/t21-,23-,26-,27-,34-/m1/s1. The monoisotopic (exact) mass is 765 g/mol. The maximum atomic E-state index is 13.9. The SMILES string of the molecule is C=CCCCCN(C)C(=O)[C@@H]1C[C@H](OC(=O)Nc2cc(C(F)(F)F)ccc2-c2nc(C)cs2)C[C@H]1C(=O)N[C@]1(C(=O)NS(=O)(=O)C2CC2)C[C@H]1C=C. The Morgan fingerprint density at radius 2 is 1.85 bits per heavy atom. The van der Waals surface area contributed by atoms with Crippen LogP contribution in [0.5, 0.6) is 0 Å². The molecule has 3 fully saturated rings. The van der Waals surface area contributed by atoms with Crippen LogP contribution < -0.4 is 15.4 Å². The van der Waals surface area contributed by atoms with Gasteiger partial charge < -0.3 is 15.0 Å². The van der Waals surface area contributed by atoms with Crippen LogP contribution in [0.3, 0.4) is 0 Å². The number of hydrogen-bond acceptors (Lipinski definition) is 9. The minimum Gasteiger partial charge on any atom is -0.446 e. The number of thiazole rings is 1. The first-order valence-corrected chi connectivity index (χ1v) is 19.4. The van der Waals surface area contributed by atoms with Crippen molar-refractivity contribution in [3.8, 4) is 10.6 Å². The van der Waals surface area contributed by atoms with Gasteiger partial charge in [-0.15, -0.1) is 24.5 Å². The minimum atomic E-state index is -4.70. The number of ether oxygens (including phenoxy) is 1. The average Bonchev–Trinajstić information content (AvgIpc) is 3.98. The van der Waals surface area contributed by atoms with Crippen LogP contribution in [0, 0.1) is 24.7 Å². The van der Waals surface area contributed by atoms with Gasteiger partial charge in [0.25, 0.3) is 5.91 Å². The van der Waals surface area contributed by atoms with E-state index in [-0.39, 0.29) is 30.5 Å². The van der Waals surface area contributed by atoms with Gasteiger partial charge in [-0.3, -0.25) is 24.4 Å². The number of nitrogens with zero attached hydrogens (tertiary/aromatic N) is 2. The average molecular weight is 766 g/mol. The molecular formula is C35H42F3N5O7S2. The molecule has 2 aromatic rings. The molecule has 52 heavy (non-hydrogen) atoms. The fourth-order valence-electron chi connectivity index (χ4n) is 6.49. The van der Waals surface area contributed by atoms with Crippen molar-refractivity contribution in [3.05, 3.63) is 60.1 Å². The third-order valence-electron chi connectivity index (χ3n) is 9.66. The second-order valence-corrected chi connectivity index (χ2v) is 16.4. The van der Waals surface area contributed by atoms with Gasteiger partial charge in [-0.25, -0.2) is 18.2 Å². The molecule has 3 aliphatic carbocycles. The summed E-state index contributed by atoms with van der Waals surface area (Å²) in [4.78, 5) is 60.1. The molecule has 12 nitrogen and oxygen atoms in total. The Morgan fingerprint density at radius 3 is 2.44 bits per heavy atom. The van der Waals surface area contributed by atoms with E-state index in [1.165, 1.54) is 28.4 Å². The van der Waals surface area contributed by atoms with Crippen LogP contribution in [0.4, 0.5) is 23.7 Å². The van der Waals surface area contributed by atoms with E-state index in [0.717, 1.165) is 25.0 Å². The molecule has 0 radical (unpaired) electrons. The number of alkyl halides is 3. The summed E-state index contributed by atoms with van der Waals surface area (Å²) in [5, 5.41) is 6.52. The van der Waals surface area contributed by atoms with E-state index >= 15 is 0 Å². The zero-order chi connectivity index (χ0) is 38.0. The Hall–Kier alpha value is -4.25. The first-order chi connectivity index (χ1) is 24.5. The molecule has 3 N–H and O–H groups in total. The third-order valence-corrected chi connectivity index (χ3v) is 12.5. The highest BCUT2D eigenvalue weighted by atomic mass is 32.2. The van der Waals surface area contributed by atoms with Crippen LogP contribution in [0.25, 0.3) is 10.6 Å². The molecule has 1 aromatic carbocycles. The molecule has 0 saturated heterocycles. The number of carbonyl (C=O) groups excluding carboxylic acids is 4. The number of aromatic nitrogens is 1. The Bertz CT molecular complexity index is 1850. The Morgan fingerprint density at radius 1 is 1.13 bits per heavy atom. The molecule has 17 heteroatoms. The first-order valence-electron chi connectivity index (χ1n) is 17.0. The number of nitrogens with one attached hydrogen (secondary N) is 3. The Balaban J connectivity index is 1.35. The quantitative estimate of drug-likeness (QED) is 0.157. The van der Waals surface area contributed by atoms with Gasteiger partial charge in [0.15, 0.2) is 0 Å². The fraction of sp³-hybridized carbons (Fsp3) is 0.514. The summed E-state index contributed by atoms with van der Waals surface area (Å²) >= 11 is 1.18. The van der Waals surface area contributed by atoms with Crippen LogP contribution in [-0.4, -0.2) is 72.6 Å². The highest BCUT2D eigenvalue weighted by molar-refractivity contribution is 7.91. The van der Waals surface area contributed by atoms with Crippen LogP contribution >= 0.6 is 11.3 Å². The minimum absolute atomic E-state index is 0.0808. The summed E-state index contributed by atoms with van der Waals surface area (Å²) in [5.74, 6) is -4.62. The molecule has 0 spiro atoms. The number of benzene rings is 1. The number of aryl methyl sites for hydroxylation is 1. The number of hydrogen-bond donors (Lipinski definition) is 3. The lowest BCUT2D eigenvalue weighted by molar-refractivity contribution is -0.140. The van der Waals surface area contributed by atoms with Crippen LogP contribution in [-0.2, 0) is 35.3 Å². The summed E-state index contributed by atoms with van der Waals surface area (Å²) < 4.78 is 73.8. The van der Waals surface area contributed by atoms with Gasteiger partial charge >= 0.3 is 12.3 Å². The van der Waals surface area contributed by atoms with Crippen LogP contribution in [0.1, 0.15) is 62.6 Å². The molecule has 3 saturated carbocycles. The second kappa shape index (κ2) is 15.4. The maximum Gasteiger partial charge on any atom is 0.416 e. The summed E-state index contributed by atoms with van der Waals surface area (Å²) in [6.07, 6.45) is -0.663. The number of sulfonamides is 1. The van der Waals surface area contributed by atoms with E-state index < -0.39 is 80.2 Å². The van der Waals surface area contributed by atoms with Gasteiger partial charge in [-0.1, -0.05) is 12.2 Å². The highest BCUT2D eigenvalue weighted by Gasteiger charge is 2.62. The molecule has 1 heterocycles. The van der Waals surface area contributed by atoms with E-state index in [0.29, 0.717) is 36.5 Å². The molecule has 1 aromatic heterocycles. The number of anilines is 1. The fourth-order valence-corrected chi connectivity index (χ4v) is 8.69. The lowest BCUT2D eigenvalue weighted by Gasteiger charge is -2.26. The van der Waals surface area contributed by atoms with Gasteiger partial charge in [-0.05, 0) is 76.5 Å². The van der Waals surface area contributed by atoms with Crippen molar-refractivity contribution in [1.29, 1.82) is 0 Å². The smallest absolute Gasteiger partial charge is 0.416 e. The summed E-state index contributed by atoms with van der Waals surface area (Å²) in [5.41, 5.74) is -1.90. The number of allylic oxidation sites excluding steroid dienone is 1. The topological polar surface area (TPSA) is 164 Å². The van der Waals surface area contributed by atoms with Crippen molar-refractivity contribution < 1.29 is 45.5 Å². The van der Waals surface area contributed by atoms with Gasteiger partial charge in [0.2, 0.25) is 21.8 Å². The van der Waals surface area contributed by atoms with Crippen LogP contribution in [0.15, 0.2) is 48.9 Å². The second-order valence-electron chi connectivity index (χ2n) is 13.6. The van der Waals surface area contributed by atoms with Gasteiger partial charge in [-0.2, -0.15) is 13.2 Å². The Kier molecular flexibility index (Phi) is 11.5. The summed E-state index contributed by atoms with van der Waals surface area (Å²) in [6, 6.07) is 2.88. The van der Waals surface area contributed by atoms with Crippen molar-refractivity contribution in [3.63, 3.8) is 0 Å². The number of halogens is 3. The van der Waals surface area contributed by atoms with Gasteiger partial charge in [0, 0.05) is 36.1 Å². The molecule has 5 atom stereocenters. The van der Waals surface area contributed by atoms with E-state index in [4.69, 9.17) is 4.74 Å². The zero-order valence-electron chi connectivity index (χ0n) is 28.8. The maximum absolute atomic E-state index is 13.9. The van der Waals surface area contributed by atoms with Gasteiger partial charge in [0.05, 0.1) is 28.3 Å². The van der Waals surface area contributed by atoms with Gasteiger partial charge in [0.1, 0.15) is 16.7 Å². The lowest BCUT2D eigenvalue weighted by Crippen LogP contribution is -2.54. The first kappa shape index (κ1) is 39.0. The Labute approximate surface area is 304 Å². The predicted octanol–water partition coefficient (Wildman–Crippen LogP) is 5.56. The molecule has 5 rings (SSSR count).